The van der Waals surface area contributed by atoms with E-state index in [1.807, 2.05) is 60.7 Å². The van der Waals surface area contributed by atoms with Crippen molar-refractivity contribution >= 4 is 43.6 Å². The summed E-state index contributed by atoms with van der Waals surface area (Å²) in [6.45, 7) is 0. The summed E-state index contributed by atoms with van der Waals surface area (Å²) < 4.78 is 4.60. The van der Waals surface area contributed by atoms with Gasteiger partial charge in [-0.1, -0.05) is 164 Å². The molecule has 0 spiro atoms. The number of benzene rings is 8. The van der Waals surface area contributed by atoms with E-state index in [1.54, 1.807) is 0 Å². The van der Waals surface area contributed by atoms with Crippen LogP contribution in [0.25, 0.3) is 100 Å². The standard InChI is InChI=1S/C51H33N5/c1-4-16-34(17-5-1)39-22-10-13-25-44(39)55-45-26-14-12-24-41(45)43-32-37(29-31-47(43)55)38-28-30-42-40-23-11-15-27-46(40)56(48(42)33-38)51-53-49(35-18-6-2-7-19-35)52-50(54-51)36-20-8-3-9-21-36/h1-33H. The largest absolute Gasteiger partial charge is 0.309 e. The van der Waals surface area contributed by atoms with Gasteiger partial charge in [-0.15, -0.1) is 0 Å². The Morgan fingerprint density at radius 3 is 1.45 bits per heavy atom. The fraction of sp³-hybridized carbons (Fsp3) is 0. The normalized spacial score (nSPS) is 11.6. The lowest BCUT2D eigenvalue weighted by atomic mass is 10.0. The van der Waals surface area contributed by atoms with Gasteiger partial charge in [-0.2, -0.15) is 9.97 Å². The minimum absolute atomic E-state index is 0.580. The molecule has 56 heavy (non-hydrogen) atoms. The first-order chi connectivity index (χ1) is 27.8. The number of hydrogen-bond acceptors (Lipinski definition) is 3. The van der Waals surface area contributed by atoms with E-state index in [4.69, 9.17) is 15.0 Å². The molecule has 3 aromatic heterocycles. The summed E-state index contributed by atoms with van der Waals surface area (Å²) in [5, 5.41) is 4.71. The summed E-state index contributed by atoms with van der Waals surface area (Å²) >= 11 is 0. The third kappa shape index (κ3) is 5.21. The number of rotatable bonds is 6. The Bertz CT molecular complexity index is 3180. The van der Waals surface area contributed by atoms with Gasteiger partial charge in [-0.25, -0.2) is 4.98 Å². The second-order valence-electron chi connectivity index (χ2n) is 14.1. The highest BCUT2D eigenvalue weighted by Gasteiger charge is 2.20. The molecule has 0 radical (unpaired) electrons. The monoisotopic (exact) mass is 715 g/mol. The van der Waals surface area contributed by atoms with Crippen LogP contribution in [-0.4, -0.2) is 24.1 Å². The van der Waals surface area contributed by atoms with Gasteiger partial charge in [-0.05, 0) is 53.1 Å². The van der Waals surface area contributed by atoms with Crippen molar-refractivity contribution in [3.05, 3.63) is 200 Å². The van der Waals surface area contributed by atoms with E-state index >= 15 is 0 Å². The first-order valence-electron chi connectivity index (χ1n) is 18.9. The van der Waals surface area contributed by atoms with E-state index in [2.05, 4.69) is 149 Å². The second-order valence-corrected chi connectivity index (χ2v) is 14.1. The van der Waals surface area contributed by atoms with Gasteiger partial charge in [0.15, 0.2) is 11.6 Å². The minimum atomic E-state index is 0.580. The number of fused-ring (bicyclic) bond motifs is 6. The van der Waals surface area contributed by atoms with Crippen LogP contribution >= 0.6 is 0 Å². The molecule has 11 aromatic rings. The number of aromatic nitrogens is 5. The molecule has 0 bridgehead atoms. The van der Waals surface area contributed by atoms with Crippen LogP contribution in [0.1, 0.15) is 0 Å². The predicted octanol–water partition coefficient (Wildman–Crippen LogP) is 12.7. The van der Waals surface area contributed by atoms with Crippen LogP contribution in [0.15, 0.2) is 200 Å². The fourth-order valence-electron chi connectivity index (χ4n) is 8.21. The molecule has 0 aliphatic rings. The molecule has 0 atom stereocenters. The topological polar surface area (TPSA) is 48.5 Å². The van der Waals surface area contributed by atoms with Gasteiger partial charge in [0.1, 0.15) is 0 Å². The fourth-order valence-corrected chi connectivity index (χ4v) is 8.21. The third-order valence-electron chi connectivity index (χ3n) is 10.8. The van der Waals surface area contributed by atoms with Crippen molar-refractivity contribution in [3.8, 4) is 56.7 Å². The molecule has 0 N–H and O–H groups in total. The highest BCUT2D eigenvalue weighted by atomic mass is 15.2. The van der Waals surface area contributed by atoms with E-state index in [-0.39, 0.29) is 0 Å². The number of para-hydroxylation sites is 3. The van der Waals surface area contributed by atoms with E-state index in [1.165, 1.54) is 32.9 Å². The molecular weight excluding hydrogens is 683 g/mol. The molecule has 0 fully saturated rings. The number of hydrogen-bond donors (Lipinski definition) is 0. The van der Waals surface area contributed by atoms with Gasteiger partial charge >= 0.3 is 0 Å². The third-order valence-corrected chi connectivity index (χ3v) is 10.8. The molecule has 3 heterocycles. The lowest BCUT2D eigenvalue weighted by Crippen LogP contribution is -2.06. The summed E-state index contributed by atoms with van der Waals surface area (Å²) in [6.07, 6.45) is 0. The molecule has 0 amide bonds. The Morgan fingerprint density at radius 2 is 0.768 bits per heavy atom. The Labute approximate surface area is 323 Å². The van der Waals surface area contributed by atoms with E-state index in [0.717, 1.165) is 49.7 Å². The predicted molar refractivity (Wildman–Crippen MR) is 230 cm³/mol. The molecule has 0 aliphatic carbocycles. The smallest absolute Gasteiger partial charge is 0.238 e. The minimum Gasteiger partial charge on any atom is -0.309 e. The van der Waals surface area contributed by atoms with Gasteiger partial charge in [0.25, 0.3) is 0 Å². The van der Waals surface area contributed by atoms with Crippen LogP contribution in [-0.2, 0) is 0 Å². The van der Waals surface area contributed by atoms with Crippen LogP contribution in [0, 0.1) is 0 Å². The van der Waals surface area contributed by atoms with Gasteiger partial charge in [0.2, 0.25) is 5.95 Å². The molecule has 0 saturated heterocycles. The van der Waals surface area contributed by atoms with E-state index < -0.39 is 0 Å². The van der Waals surface area contributed by atoms with Crippen LogP contribution in [0.4, 0.5) is 0 Å². The average Bonchev–Trinajstić information content (AvgIpc) is 3.79. The first-order valence-corrected chi connectivity index (χ1v) is 18.9. The average molecular weight is 716 g/mol. The molecule has 262 valence electrons. The van der Waals surface area contributed by atoms with Gasteiger partial charge in [0.05, 0.1) is 27.8 Å². The summed E-state index contributed by atoms with van der Waals surface area (Å²) in [5.74, 6) is 1.84. The molecule has 5 nitrogen and oxygen atoms in total. The molecular formula is C51H33N5. The molecule has 8 aromatic carbocycles. The summed E-state index contributed by atoms with van der Waals surface area (Å²) in [5.41, 5.74) is 12.1. The SMILES string of the molecule is c1ccc(-c2nc(-c3ccccc3)nc(-n3c4ccccc4c4ccc(-c5ccc6c(c5)c5ccccc5n6-c5ccccc5-c5ccccc5)cc43)n2)cc1. The Hall–Kier alpha value is -7.63. The van der Waals surface area contributed by atoms with Crippen molar-refractivity contribution in [2.24, 2.45) is 0 Å². The maximum Gasteiger partial charge on any atom is 0.238 e. The zero-order chi connectivity index (χ0) is 37.0. The molecule has 0 unspecified atom stereocenters. The van der Waals surface area contributed by atoms with Gasteiger partial charge < -0.3 is 4.57 Å². The molecule has 5 heteroatoms. The van der Waals surface area contributed by atoms with Crippen molar-refractivity contribution in [2.75, 3.05) is 0 Å². The van der Waals surface area contributed by atoms with Crippen molar-refractivity contribution in [2.45, 2.75) is 0 Å². The maximum absolute atomic E-state index is 5.15. The van der Waals surface area contributed by atoms with Gasteiger partial charge in [0, 0.05) is 38.2 Å². The lowest BCUT2D eigenvalue weighted by Gasteiger charge is -2.14. The molecule has 0 saturated carbocycles. The van der Waals surface area contributed by atoms with Crippen LogP contribution < -0.4 is 0 Å². The summed E-state index contributed by atoms with van der Waals surface area (Å²) in [6, 6.07) is 70.5. The van der Waals surface area contributed by atoms with Crippen molar-refractivity contribution in [3.63, 3.8) is 0 Å². The summed E-state index contributed by atoms with van der Waals surface area (Å²) in [7, 11) is 0. The highest BCUT2D eigenvalue weighted by molar-refractivity contribution is 6.12. The first kappa shape index (κ1) is 31.9. The Kier molecular flexibility index (Phi) is 7.42. The van der Waals surface area contributed by atoms with Crippen molar-refractivity contribution < 1.29 is 0 Å². The second kappa shape index (κ2) is 13.0. The zero-order valence-electron chi connectivity index (χ0n) is 30.3. The Morgan fingerprint density at radius 1 is 0.286 bits per heavy atom. The lowest BCUT2D eigenvalue weighted by molar-refractivity contribution is 0.953. The molecule has 11 rings (SSSR count). The maximum atomic E-state index is 5.15. The van der Waals surface area contributed by atoms with Crippen LogP contribution in [0.3, 0.4) is 0 Å². The highest BCUT2D eigenvalue weighted by Crippen LogP contribution is 2.40. The molecule has 0 aliphatic heterocycles. The quantitative estimate of drug-likeness (QED) is 0.172. The van der Waals surface area contributed by atoms with E-state index in [9.17, 15) is 0 Å². The van der Waals surface area contributed by atoms with Crippen molar-refractivity contribution in [1.82, 2.24) is 24.1 Å². The van der Waals surface area contributed by atoms with Crippen LogP contribution in [0.2, 0.25) is 0 Å². The van der Waals surface area contributed by atoms with Crippen LogP contribution in [0.5, 0.6) is 0 Å². The number of nitrogens with zero attached hydrogens (tertiary/aromatic N) is 5. The van der Waals surface area contributed by atoms with Crippen molar-refractivity contribution in [1.29, 1.82) is 0 Å². The summed E-state index contributed by atoms with van der Waals surface area (Å²) in [4.78, 5) is 15.3. The van der Waals surface area contributed by atoms with E-state index in [0.29, 0.717) is 17.6 Å². The Balaban J connectivity index is 1.12. The zero-order valence-corrected chi connectivity index (χ0v) is 30.3. The van der Waals surface area contributed by atoms with Gasteiger partial charge in [-0.3, -0.25) is 4.57 Å².